The first kappa shape index (κ1) is 18.6. The van der Waals surface area contributed by atoms with Crippen molar-refractivity contribution in [1.82, 2.24) is 9.97 Å². The van der Waals surface area contributed by atoms with E-state index in [0.29, 0.717) is 36.7 Å². The van der Waals surface area contributed by atoms with E-state index in [1.54, 1.807) is 0 Å². The molecule has 0 bridgehead atoms. The quantitative estimate of drug-likeness (QED) is 0.641. The van der Waals surface area contributed by atoms with Crippen LogP contribution >= 0.6 is 0 Å². The van der Waals surface area contributed by atoms with Crippen LogP contribution in [0.1, 0.15) is 34.1 Å². The van der Waals surface area contributed by atoms with Crippen LogP contribution in [0.2, 0.25) is 0 Å². The van der Waals surface area contributed by atoms with E-state index in [1.807, 2.05) is 18.7 Å². The first-order chi connectivity index (χ1) is 12.2. The zero-order valence-electron chi connectivity index (χ0n) is 15.9. The predicted octanol–water partition coefficient (Wildman–Crippen LogP) is 2.06. The Bertz CT molecular complexity index is 665. The van der Waals surface area contributed by atoms with Crippen LogP contribution in [0.25, 0.3) is 0 Å². The molecule has 2 saturated heterocycles. The molecular formula is C17H28N6O3. The first-order valence-electron chi connectivity index (χ1n) is 9.21. The molecule has 3 heterocycles. The molecule has 0 aromatic carbocycles. The van der Waals surface area contributed by atoms with Crippen LogP contribution < -0.4 is 15.5 Å². The van der Waals surface area contributed by atoms with E-state index in [-0.39, 0.29) is 23.7 Å². The van der Waals surface area contributed by atoms with Crippen molar-refractivity contribution in [2.24, 2.45) is 11.8 Å². The molecular weight excluding hydrogens is 336 g/mol. The van der Waals surface area contributed by atoms with Crippen molar-refractivity contribution in [1.29, 1.82) is 0 Å². The van der Waals surface area contributed by atoms with Gasteiger partial charge in [0.1, 0.15) is 0 Å². The molecule has 2 aliphatic heterocycles. The molecule has 1 aromatic rings. The van der Waals surface area contributed by atoms with Crippen molar-refractivity contribution in [3.63, 3.8) is 0 Å². The van der Waals surface area contributed by atoms with E-state index < -0.39 is 4.92 Å². The van der Waals surface area contributed by atoms with Crippen LogP contribution in [0, 0.1) is 22.0 Å². The van der Waals surface area contributed by atoms with Crippen molar-refractivity contribution < 1.29 is 9.66 Å². The largest absolute Gasteiger partial charge is 0.378 e. The molecule has 0 amide bonds. The summed E-state index contributed by atoms with van der Waals surface area (Å²) in [6.07, 6.45) is 1.09. The zero-order valence-corrected chi connectivity index (χ0v) is 15.9. The van der Waals surface area contributed by atoms with Crippen molar-refractivity contribution in [3.8, 4) is 0 Å². The molecule has 0 spiro atoms. The molecule has 0 radical (unpaired) electrons. The van der Waals surface area contributed by atoms with E-state index in [0.717, 1.165) is 19.5 Å². The monoisotopic (exact) mass is 364 g/mol. The van der Waals surface area contributed by atoms with Gasteiger partial charge in [-0.1, -0.05) is 13.8 Å². The van der Waals surface area contributed by atoms with E-state index in [2.05, 4.69) is 28.7 Å². The summed E-state index contributed by atoms with van der Waals surface area (Å²) in [5.41, 5.74) is 5.78. The van der Waals surface area contributed by atoms with Crippen LogP contribution in [0.15, 0.2) is 0 Å². The van der Waals surface area contributed by atoms with E-state index in [9.17, 15) is 10.1 Å². The van der Waals surface area contributed by atoms with Gasteiger partial charge in [0.2, 0.25) is 17.6 Å². The summed E-state index contributed by atoms with van der Waals surface area (Å²) in [6.45, 7) is 11.0. The third kappa shape index (κ3) is 3.82. The molecule has 2 aliphatic rings. The first-order valence-corrected chi connectivity index (χ1v) is 9.21. The van der Waals surface area contributed by atoms with Crippen LogP contribution in [0.4, 0.5) is 23.3 Å². The van der Waals surface area contributed by atoms with Crippen LogP contribution in [0.5, 0.6) is 0 Å². The fourth-order valence-corrected chi connectivity index (χ4v) is 4.16. The van der Waals surface area contributed by atoms with Gasteiger partial charge in [-0.15, -0.1) is 0 Å². The molecule has 3 rings (SSSR count). The van der Waals surface area contributed by atoms with Gasteiger partial charge in [0.05, 0.1) is 17.1 Å². The minimum atomic E-state index is -0.485. The maximum atomic E-state index is 11.6. The molecule has 1 aromatic heterocycles. The molecule has 0 saturated carbocycles. The van der Waals surface area contributed by atoms with Gasteiger partial charge in [-0.3, -0.25) is 10.1 Å². The number of piperidine rings is 1. The highest BCUT2D eigenvalue weighted by Gasteiger charge is 2.33. The number of ether oxygens (including phenoxy) is 1. The minimum absolute atomic E-state index is 0.0342. The number of morpholine rings is 1. The second kappa shape index (κ2) is 7.22. The number of nitrogens with zero attached hydrogens (tertiary/aromatic N) is 5. The Kier molecular flexibility index (Phi) is 5.17. The van der Waals surface area contributed by atoms with Crippen molar-refractivity contribution >= 4 is 23.3 Å². The second-order valence-electron chi connectivity index (χ2n) is 7.85. The lowest BCUT2D eigenvalue weighted by atomic mass is 9.92. The highest BCUT2D eigenvalue weighted by Crippen LogP contribution is 2.35. The van der Waals surface area contributed by atoms with Crippen LogP contribution in [-0.4, -0.2) is 53.3 Å². The average molecular weight is 364 g/mol. The summed E-state index contributed by atoms with van der Waals surface area (Å²) < 4.78 is 5.75. The van der Waals surface area contributed by atoms with Gasteiger partial charge in [0.25, 0.3) is 0 Å². The number of anilines is 3. The zero-order chi connectivity index (χ0) is 19.0. The summed E-state index contributed by atoms with van der Waals surface area (Å²) in [7, 11) is 0. The summed E-state index contributed by atoms with van der Waals surface area (Å²) in [4.78, 5) is 24.0. The topological polar surface area (TPSA) is 111 Å². The van der Waals surface area contributed by atoms with E-state index in [4.69, 9.17) is 10.5 Å². The third-order valence-corrected chi connectivity index (χ3v) is 4.93. The molecule has 4 atom stereocenters. The predicted molar refractivity (Wildman–Crippen MR) is 100 cm³/mol. The number of aromatic nitrogens is 2. The molecule has 0 unspecified atom stereocenters. The molecule has 2 N–H and O–H groups in total. The SMILES string of the molecule is C[C@H]1C[C@H](C)CN(c2nc(N)c([N+](=O)[O-])c(N3C[C@@H](C)O[C@H](C)C3)n2)C1. The van der Waals surface area contributed by atoms with Gasteiger partial charge in [-0.05, 0) is 32.1 Å². The Morgan fingerprint density at radius 1 is 1.04 bits per heavy atom. The summed E-state index contributed by atoms with van der Waals surface area (Å²) in [6, 6.07) is 0. The van der Waals surface area contributed by atoms with Gasteiger partial charge in [0.15, 0.2) is 0 Å². The fraction of sp³-hybridized carbons (Fsp3) is 0.765. The lowest BCUT2D eigenvalue weighted by molar-refractivity contribution is -0.383. The maximum Gasteiger partial charge on any atom is 0.353 e. The highest BCUT2D eigenvalue weighted by molar-refractivity contribution is 5.71. The smallest absolute Gasteiger partial charge is 0.353 e. The lowest BCUT2D eigenvalue weighted by Gasteiger charge is -2.37. The van der Waals surface area contributed by atoms with Crippen molar-refractivity contribution in [3.05, 3.63) is 10.1 Å². The summed E-state index contributed by atoms with van der Waals surface area (Å²) in [5, 5.41) is 11.6. The highest BCUT2D eigenvalue weighted by atomic mass is 16.6. The van der Waals surface area contributed by atoms with Gasteiger partial charge < -0.3 is 20.3 Å². The fourth-order valence-electron chi connectivity index (χ4n) is 4.16. The normalized spacial score (nSPS) is 29.7. The molecule has 0 aliphatic carbocycles. The second-order valence-corrected chi connectivity index (χ2v) is 7.85. The lowest BCUT2D eigenvalue weighted by Crippen LogP contribution is -2.46. The standard InChI is InChI=1S/C17H28N6O3/c1-10-5-11(2)7-22(6-10)17-19-15(18)14(23(24)25)16(20-17)21-8-12(3)26-13(4)9-21/h10-13H,5-9H2,1-4H3,(H2,18,19,20)/t10-,11-,12+,13+/m0/s1. The third-order valence-electron chi connectivity index (χ3n) is 4.93. The van der Waals surface area contributed by atoms with E-state index in [1.165, 1.54) is 0 Å². The minimum Gasteiger partial charge on any atom is -0.378 e. The average Bonchev–Trinajstić information content (AvgIpc) is 2.51. The maximum absolute atomic E-state index is 11.6. The van der Waals surface area contributed by atoms with Gasteiger partial charge >= 0.3 is 5.69 Å². The summed E-state index contributed by atoms with van der Waals surface area (Å²) in [5.74, 6) is 1.74. The van der Waals surface area contributed by atoms with Gasteiger partial charge in [0, 0.05) is 26.2 Å². The summed E-state index contributed by atoms with van der Waals surface area (Å²) >= 11 is 0. The van der Waals surface area contributed by atoms with Crippen molar-refractivity contribution in [2.75, 3.05) is 41.7 Å². The van der Waals surface area contributed by atoms with Gasteiger partial charge in [-0.25, -0.2) is 0 Å². The van der Waals surface area contributed by atoms with Crippen LogP contribution in [0.3, 0.4) is 0 Å². The molecule has 26 heavy (non-hydrogen) atoms. The Hall–Kier alpha value is -2.16. The molecule has 9 heteroatoms. The Balaban J connectivity index is 2.01. The van der Waals surface area contributed by atoms with Gasteiger partial charge in [-0.2, -0.15) is 9.97 Å². The number of nitrogen functional groups attached to an aromatic ring is 1. The number of nitro groups is 1. The van der Waals surface area contributed by atoms with Crippen LogP contribution in [-0.2, 0) is 4.74 Å². The number of rotatable bonds is 3. The van der Waals surface area contributed by atoms with E-state index >= 15 is 0 Å². The molecule has 2 fully saturated rings. The number of hydrogen-bond donors (Lipinski definition) is 1. The molecule has 9 nitrogen and oxygen atoms in total. The number of hydrogen-bond acceptors (Lipinski definition) is 8. The Morgan fingerprint density at radius 2 is 1.62 bits per heavy atom. The Morgan fingerprint density at radius 3 is 2.15 bits per heavy atom. The molecule has 144 valence electrons. The Labute approximate surface area is 153 Å². The van der Waals surface area contributed by atoms with Crippen molar-refractivity contribution in [2.45, 2.75) is 46.3 Å². The number of nitrogens with two attached hydrogens (primary N) is 1.